The lowest BCUT2D eigenvalue weighted by atomic mass is 10.0. The minimum atomic E-state index is -0.706. The standard InChI is InChI=1S/C5H10O2.C4H8/c1-3-4(2)5(6)7;1-2-4-3-1/h4H,3H2,1-2H3,(H,6,7);1-4H2. The van der Waals surface area contributed by atoms with E-state index in [0.717, 1.165) is 6.42 Å². The van der Waals surface area contributed by atoms with Crippen molar-refractivity contribution in [1.29, 1.82) is 0 Å². The Bertz CT molecular complexity index is 102. The molecule has 1 fully saturated rings. The van der Waals surface area contributed by atoms with Crippen LogP contribution >= 0.6 is 0 Å². The molecule has 11 heavy (non-hydrogen) atoms. The van der Waals surface area contributed by atoms with Crippen molar-refractivity contribution in [3.8, 4) is 0 Å². The van der Waals surface area contributed by atoms with Crippen LogP contribution in [0, 0.1) is 5.92 Å². The summed E-state index contributed by atoms with van der Waals surface area (Å²) >= 11 is 0. The van der Waals surface area contributed by atoms with E-state index in [0.29, 0.717) is 0 Å². The predicted octanol–water partition coefficient (Wildman–Crippen LogP) is 2.68. The number of hydrogen-bond acceptors (Lipinski definition) is 1. The van der Waals surface area contributed by atoms with Crippen molar-refractivity contribution >= 4 is 5.97 Å². The minimum Gasteiger partial charge on any atom is -0.481 e. The number of aliphatic carboxylic acids is 1. The molecule has 0 aromatic rings. The van der Waals surface area contributed by atoms with E-state index in [2.05, 4.69) is 0 Å². The van der Waals surface area contributed by atoms with Crippen LogP contribution < -0.4 is 0 Å². The lowest BCUT2D eigenvalue weighted by Crippen LogP contribution is -2.06. The van der Waals surface area contributed by atoms with Crippen molar-refractivity contribution < 1.29 is 9.90 Å². The fourth-order valence-electron chi connectivity index (χ4n) is 0.425. The molecule has 2 nitrogen and oxygen atoms in total. The Morgan fingerprint density at radius 1 is 1.36 bits per heavy atom. The average Bonchev–Trinajstić information content (AvgIpc) is 1.82. The Morgan fingerprint density at radius 2 is 1.73 bits per heavy atom. The molecule has 0 aromatic heterocycles. The van der Waals surface area contributed by atoms with Crippen molar-refractivity contribution in [3.05, 3.63) is 0 Å². The van der Waals surface area contributed by atoms with Gasteiger partial charge in [-0.1, -0.05) is 39.5 Å². The van der Waals surface area contributed by atoms with Crippen LogP contribution in [0.3, 0.4) is 0 Å². The Labute approximate surface area is 68.6 Å². The van der Waals surface area contributed by atoms with Crippen LogP contribution in [0.1, 0.15) is 46.0 Å². The van der Waals surface area contributed by atoms with E-state index in [1.807, 2.05) is 6.92 Å². The van der Waals surface area contributed by atoms with Crippen molar-refractivity contribution in [1.82, 2.24) is 0 Å². The van der Waals surface area contributed by atoms with Crippen LogP contribution in [-0.4, -0.2) is 11.1 Å². The molecule has 1 unspecified atom stereocenters. The van der Waals surface area contributed by atoms with Gasteiger partial charge in [0, 0.05) is 0 Å². The molecule has 1 aliphatic rings. The first-order valence-electron chi connectivity index (χ1n) is 4.41. The maximum Gasteiger partial charge on any atom is 0.306 e. The van der Waals surface area contributed by atoms with Gasteiger partial charge in [-0.15, -0.1) is 0 Å². The zero-order chi connectivity index (χ0) is 8.69. The van der Waals surface area contributed by atoms with Crippen LogP contribution in [-0.2, 0) is 4.79 Å². The van der Waals surface area contributed by atoms with E-state index < -0.39 is 5.97 Å². The van der Waals surface area contributed by atoms with Gasteiger partial charge in [0.05, 0.1) is 5.92 Å². The molecule has 0 amide bonds. The summed E-state index contributed by atoms with van der Waals surface area (Å²) in [6.07, 6.45) is 6.72. The van der Waals surface area contributed by atoms with Crippen molar-refractivity contribution in [3.63, 3.8) is 0 Å². The molecular weight excluding hydrogens is 140 g/mol. The van der Waals surface area contributed by atoms with E-state index in [9.17, 15) is 4.79 Å². The smallest absolute Gasteiger partial charge is 0.306 e. The summed E-state index contributed by atoms with van der Waals surface area (Å²) in [6.45, 7) is 3.56. The van der Waals surface area contributed by atoms with Gasteiger partial charge < -0.3 is 5.11 Å². The normalized spacial score (nSPS) is 17.3. The first kappa shape index (κ1) is 10.5. The molecule has 0 bridgehead atoms. The number of carboxylic acid groups (broad SMARTS) is 1. The number of carboxylic acids is 1. The summed E-state index contributed by atoms with van der Waals surface area (Å²) in [7, 11) is 0. The second kappa shape index (κ2) is 6.20. The Balaban J connectivity index is 0.000000207. The van der Waals surface area contributed by atoms with Gasteiger partial charge in [-0.25, -0.2) is 0 Å². The zero-order valence-corrected chi connectivity index (χ0v) is 7.47. The first-order valence-corrected chi connectivity index (χ1v) is 4.41. The summed E-state index contributed by atoms with van der Waals surface area (Å²) in [5.74, 6) is -0.887. The molecule has 0 heterocycles. The fourth-order valence-corrected chi connectivity index (χ4v) is 0.425. The number of rotatable bonds is 2. The minimum absolute atomic E-state index is 0.181. The predicted molar refractivity (Wildman–Crippen MR) is 45.6 cm³/mol. The van der Waals surface area contributed by atoms with Gasteiger partial charge in [-0.3, -0.25) is 4.79 Å². The van der Waals surface area contributed by atoms with Crippen LogP contribution in [0.2, 0.25) is 0 Å². The van der Waals surface area contributed by atoms with Gasteiger partial charge in [-0.05, 0) is 6.42 Å². The van der Waals surface area contributed by atoms with E-state index in [-0.39, 0.29) is 5.92 Å². The largest absolute Gasteiger partial charge is 0.481 e. The third kappa shape index (κ3) is 5.89. The highest BCUT2D eigenvalue weighted by atomic mass is 16.4. The van der Waals surface area contributed by atoms with Crippen molar-refractivity contribution in [2.75, 3.05) is 0 Å². The van der Waals surface area contributed by atoms with Gasteiger partial charge in [0.25, 0.3) is 0 Å². The molecule has 0 aliphatic heterocycles. The third-order valence-electron chi connectivity index (χ3n) is 2.03. The lowest BCUT2D eigenvalue weighted by molar-refractivity contribution is -0.141. The van der Waals surface area contributed by atoms with Gasteiger partial charge in [0.15, 0.2) is 0 Å². The second-order valence-corrected chi connectivity index (χ2v) is 3.06. The van der Waals surface area contributed by atoms with Crippen molar-refractivity contribution in [2.24, 2.45) is 5.92 Å². The summed E-state index contributed by atoms with van der Waals surface area (Å²) in [5.41, 5.74) is 0. The van der Waals surface area contributed by atoms with Gasteiger partial charge in [-0.2, -0.15) is 0 Å². The fraction of sp³-hybridized carbons (Fsp3) is 0.889. The highest BCUT2D eigenvalue weighted by Crippen LogP contribution is 2.15. The van der Waals surface area contributed by atoms with Gasteiger partial charge in [0.2, 0.25) is 0 Å². The number of hydrogen-bond donors (Lipinski definition) is 1. The Morgan fingerprint density at radius 3 is 1.73 bits per heavy atom. The molecule has 1 atom stereocenters. The second-order valence-electron chi connectivity index (χ2n) is 3.06. The lowest BCUT2D eigenvalue weighted by Gasteiger charge is -2.05. The Hall–Kier alpha value is -0.530. The van der Waals surface area contributed by atoms with E-state index in [4.69, 9.17) is 5.11 Å². The summed E-state index contributed by atoms with van der Waals surface area (Å²) < 4.78 is 0. The van der Waals surface area contributed by atoms with E-state index in [1.165, 1.54) is 25.7 Å². The van der Waals surface area contributed by atoms with Crippen LogP contribution in [0.25, 0.3) is 0 Å². The maximum atomic E-state index is 9.93. The molecule has 2 heteroatoms. The molecular formula is C9H18O2. The van der Waals surface area contributed by atoms with Gasteiger partial charge in [0.1, 0.15) is 0 Å². The molecule has 1 saturated carbocycles. The zero-order valence-electron chi connectivity index (χ0n) is 7.47. The monoisotopic (exact) mass is 158 g/mol. The first-order chi connectivity index (χ1) is 5.18. The summed E-state index contributed by atoms with van der Waals surface area (Å²) in [6, 6.07) is 0. The third-order valence-corrected chi connectivity index (χ3v) is 2.03. The van der Waals surface area contributed by atoms with Crippen LogP contribution in [0.15, 0.2) is 0 Å². The Kier molecular flexibility index (Phi) is 5.90. The van der Waals surface area contributed by atoms with Crippen molar-refractivity contribution in [2.45, 2.75) is 46.0 Å². The van der Waals surface area contributed by atoms with E-state index in [1.54, 1.807) is 6.92 Å². The molecule has 0 aromatic carbocycles. The molecule has 0 saturated heterocycles. The van der Waals surface area contributed by atoms with E-state index >= 15 is 0 Å². The summed E-state index contributed by atoms with van der Waals surface area (Å²) in [4.78, 5) is 9.93. The quantitative estimate of drug-likeness (QED) is 0.670. The number of carbonyl (C=O) groups is 1. The van der Waals surface area contributed by atoms with Crippen LogP contribution in [0.4, 0.5) is 0 Å². The molecule has 66 valence electrons. The topological polar surface area (TPSA) is 37.3 Å². The maximum absolute atomic E-state index is 9.93. The molecule has 1 aliphatic carbocycles. The highest BCUT2D eigenvalue weighted by Gasteiger charge is 2.05. The van der Waals surface area contributed by atoms with Gasteiger partial charge >= 0.3 is 5.97 Å². The molecule has 1 rings (SSSR count). The highest BCUT2D eigenvalue weighted by molar-refractivity contribution is 5.69. The molecule has 1 N–H and O–H groups in total. The SMILES string of the molecule is C1CCC1.CCC(C)C(=O)O. The summed E-state index contributed by atoms with van der Waals surface area (Å²) in [5, 5.41) is 8.18. The molecule has 0 radical (unpaired) electrons. The van der Waals surface area contributed by atoms with Crippen LogP contribution in [0.5, 0.6) is 0 Å². The molecule has 0 spiro atoms. The average molecular weight is 158 g/mol.